The molecule has 88 valence electrons. The van der Waals surface area contributed by atoms with Crippen LogP contribution in [0.3, 0.4) is 0 Å². The molecular weight excluding hydrogens is 188 g/mol. The molecule has 15 heavy (non-hydrogen) atoms. The van der Waals surface area contributed by atoms with Gasteiger partial charge in [-0.3, -0.25) is 4.79 Å². The predicted molar refractivity (Wildman–Crippen MR) is 61.6 cm³/mol. The Morgan fingerprint density at radius 1 is 1.20 bits per heavy atom. The summed E-state index contributed by atoms with van der Waals surface area (Å²) in [5.74, 6) is 1.44. The highest BCUT2D eigenvalue weighted by Crippen LogP contribution is 2.31. The van der Waals surface area contributed by atoms with E-state index in [9.17, 15) is 4.79 Å². The van der Waals surface area contributed by atoms with E-state index in [4.69, 9.17) is 4.74 Å². The Morgan fingerprint density at radius 3 is 2.33 bits per heavy atom. The third kappa shape index (κ3) is 5.19. The molecule has 0 atom stereocenters. The standard InChI is InChI=1S/C13H24O2/c1-3-4-5-12-6-8-13(9-7-12)10-15-11(2)14/h12-13H,3-10H2,1-2H3. The van der Waals surface area contributed by atoms with Crippen LogP contribution in [0.5, 0.6) is 0 Å². The van der Waals surface area contributed by atoms with Crippen molar-refractivity contribution in [3.8, 4) is 0 Å². The number of carbonyl (C=O) groups is 1. The molecule has 0 unspecified atom stereocenters. The predicted octanol–water partition coefficient (Wildman–Crippen LogP) is 3.55. The third-order valence-corrected chi connectivity index (χ3v) is 3.45. The van der Waals surface area contributed by atoms with Crippen LogP contribution in [0.4, 0.5) is 0 Å². The van der Waals surface area contributed by atoms with Gasteiger partial charge in [0.05, 0.1) is 6.61 Å². The summed E-state index contributed by atoms with van der Waals surface area (Å²) in [7, 11) is 0. The average molecular weight is 212 g/mol. The number of hydrogen-bond acceptors (Lipinski definition) is 2. The van der Waals surface area contributed by atoms with Crippen molar-refractivity contribution in [3.05, 3.63) is 0 Å². The highest BCUT2D eigenvalue weighted by atomic mass is 16.5. The molecule has 1 rings (SSSR count). The molecule has 0 aliphatic heterocycles. The van der Waals surface area contributed by atoms with E-state index in [1.54, 1.807) is 0 Å². The first kappa shape index (κ1) is 12.5. The van der Waals surface area contributed by atoms with E-state index in [0.717, 1.165) is 5.92 Å². The maximum Gasteiger partial charge on any atom is 0.302 e. The molecule has 0 radical (unpaired) electrons. The Labute approximate surface area is 93.4 Å². The van der Waals surface area contributed by atoms with Crippen LogP contribution in [0.2, 0.25) is 0 Å². The maximum absolute atomic E-state index is 10.7. The van der Waals surface area contributed by atoms with Gasteiger partial charge in [0.1, 0.15) is 0 Å². The van der Waals surface area contributed by atoms with Crippen LogP contribution in [0.1, 0.15) is 58.8 Å². The summed E-state index contributed by atoms with van der Waals surface area (Å²) >= 11 is 0. The molecule has 1 saturated carbocycles. The molecule has 1 aliphatic carbocycles. The Hall–Kier alpha value is -0.530. The topological polar surface area (TPSA) is 26.3 Å². The smallest absolute Gasteiger partial charge is 0.302 e. The number of hydrogen-bond donors (Lipinski definition) is 0. The number of ether oxygens (including phenoxy) is 1. The van der Waals surface area contributed by atoms with E-state index >= 15 is 0 Å². The minimum atomic E-state index is -0.136. The summed E-state index contributed by atoms with van der Waals surface area (Å²) in [5, 5.41) is 0. The second-order valence-electron chi connectivity index (χ2n) is 4.83. The molecule has 2 nitrogen and oxygen atoms in total. The molecular formula is C13H24O2. The maximum atomic E-state index is 10.7. The van der Waals surface area contributed by atoms with Crippen molar-refractivity contribution in [2.45, 2.75) is 58.8 Å². The Kier molecular flexibility index (Phi) is 5.74. The molecule has 0 aromatic rings. The first-order chi connectivity index (χ1) is 7.22. The zero-order valence-corrected chi connectivity index (χ0v) is 10.1. The fourth-order valence-corrected chi connectivity index (χ4v) is 2.41. The van der Waals surface area contributed by atoms with E-state index in [2.05, 4.69) is 6.92 Å². The third-order valence-electron chi connectivity index (χ3n) is 3.45. The van der Waals surface area contributed by atoms with Gasteiger partial charge in [-0.25, -0.2) is 0 Å². The fraction of sp³-hybridized carbons (Fsp3) is 0.923. The molecule has 0 saturated heterocycles. The lowest BCUT2D eigenvalue weighted by atomic mass is 9.80. The summed E-state index contributed by atoms with van der Waals surface area (Å²) in [6.07, 6.45) is 9.27. The molecule has 1 fully saturated rings. The summed E-state index contributed by atoms with van der Waals surface area (Å²) in [6, 6.07) is 0. The molecule has 0 spiro atoms. The Morgan fingerprint density at radius 2 is 1.80 bits per heavy atom. The van der Waals surface area contributed by atoms with E-state index in [1.165, 1.54) is 51.9 Å². The summed E-state index contributed by atoms with van der Waals surface area (Å²) in [5.41, 5.74) is 0. The minimum Gasteiger partial charge on any atom is -0.466 e. The molecule has 0 amide bonds. The SMILES string of the molecule is CCCCC1CCC(COC(C)=O)CC1. The molecule has 0 bridgehead atoms. The van der Waals surface area contributed by atoms with Crippen molar-refractivity contribution in [1.82, 2.24) is 0 Å². The molecule has 1 aliphatic rings. The lowest BCUT2D eigenvalue weighted by Crippen LogP contribution is -2.19. The van der Waals surface area contributed by atoms with Gasteiger partial charge in [0.15, 0.2) is 0 Å². The van der Waals surface area contributed by atoms with Crippen LogP contribution in [0.25, 0.3) is 0 Å². The summed E-state index contributed by atoms with van der Waals surface area (Å²) in [4.78, 5) is 10.7. The van der Waals surface area contributed by atoms with Gasteiger partial charge in [-0.2, -0.15) is 0 Å². The molecule has 0 aromatic carbocycles. The molecule has 0 aromatic heterocycles. The Bertz CT molecular complexity index is 181. The van der Waals surface area contributed by atoms with Gasteiger partial charge in [-0.05, 0) is 24.7 Å². The van der Waals surface area contributed by atoms with Gasteiger partial charge in [0, 0.05) is 6.92 Å². The first-order valence-electron chi connectivity index (χ1n) is 6.35. The van der Waals surface area contributed by atoms with Crippen LogP contribution >= 0.6 is 0 Å². The normalized spacial score (nSPS) is 26.3. The highest BCUT2D eigenvalue weighted by molar-refractivity contribution is 5.65. The van der Waals surface area contributed by atoms with E-state index in [1.807, 2.05) is 0 Å². The van der Waals surface area contributed by atoms with Crippen molar-refractivity contribution in [1.29, 1.82) is 0 Å². The average Bonchev–Trinajstić information content (AvgIpc) is 2.25. The zero-order valence-electron chi connectivity index (χ0n) is 10.1. The van der Waals surface area contributed by atoms with Crippen LogP contribution in [0, 0.1) is 11.8 Å². The van der Waals surface area contributed by atoms with Crippen molar-refractivity contribution in [2.24, 2.45) is 11.8 Å². The van der Waals surface area contributed by atoms with Crippen molar-refractivity contribution in [2.75, 3.05) is 6.61 Å². The van der Waals surface area contributed by atoms with Crippen LogP contribution in [0.15, 0.2) is 0 Å². The van der Waals surface area contributed by atoms with Crippen LogP contribution < -0.4 is 0 Å². The fourth-order valence-electron chi connectivity index (χ4n) is 2.41. The summed E-state index contributed by atoms with van der Waals surface area (Å²) < 4.78 is 5.06. The number of rotatable bonds is 5. The zero-order chi connectivity index (χ0) is 11.1. The largest absolute Gasteiger partial charge is 0.466 e. The van der Waals surface area contributed by atoms with Crippen molar-refractivity contribution < 1.29 is 9.53 Å². The van der Waals surface area contributed by atoms with Crippen LogP contribution in [-0.2, 0) is 9.53 Å². The number of carbonyl (C=O) groups excluding carboxylic acids is 1. The highest BCUT2D eigenvalue weighted by Gasteiger charge is 2.21. The molecule has 0 heterocycles. The molecule has 2 heteroatoms. The van der Waals surface area contributed by atoms with E-state index in [-0.39, 0.29) is 5.97 Å². The van der Waals surface area contributed by atoms with Gasteiger partial charge >= 0.3 is 5.97 Å². The lowest BCUT2D eigenvalue weighted by Gasteiger charge is -2.27. The second kappa shape index (κ2) is 6.86. The van der Waals surface area contributed by atoms with Gasteiger partial charge < -0.3 is 4.74 Å². The van der Waals surface area contributed by atoms with Gasteiger partial charge in [0.2, 0.25) is 0 Å². The van der Waals surface area contributed by atoms with Gasteiger partial charge in [-0.1, -0.05) is 39.0 Å². The minimum absolute atomic E-state index is 0.136. The van der Waals surface area contributed by atoms with Crippen LogP contribution in [-0.4, -0.2) is 12.6 Å². The van der Waals surface area contributed by atoms with Gasteiger partial charge in [-0.15, -0.1) is 0 Å². The lowest BCUT2D eigenvalue weighted by molar-refractivity contribution is -0.142. The van der Waals surface area contributed by atoms with Crippen molar-refractivity contribution in [3.63, 3.8) is 0 Å². The first-order valence-corrected chi connectivity index (χ1v) is 6.35. The Balaban J connectivity index is 2.09. The van der Waals surface area contributed by atoms with Crippen molar-refractivity contribution >= 4 is 5.97 Å². The van der Waals surface area contributed by atoms with E-state index in [0.29, 0.717) is 12.5 Å². The number of esters is 1. The second-order valence-corrected chi connectivity index (χ2v) is 4.83. The summed E-state index contributed by atoms with van der Waals surface area (Å²) in [6.45, 7) is 4.40. The van der Waals surface area contributed by atoms with Gasteiger partial charge in [0.25, 0.3) is 0 Å². The van der Waals surface area contributed by atoms with E-state index < -0.39 is 0 Å². The monoisotopic (exact) mass is 212 g/mol. The quantitative estimate of drug-likeness (QED) is 0.651. The molecule has 0 N–H and O–H groups in total. The number of unbranched alkanes of at least 4 members (excludes halogenated alkanes) is 1.